The summed E-state index contributed by atoms with van der Waals surface area (Å²) in [7, 11) is -0.333. The molecule has 0 N–H and O–H groups in total. The van der Waals surface area contributed by atoms with Crippen molar-refractivity contribution >= 4 is 20.0 Å². The molecular weight excluding hydrogens is 88.2 g/mol. The second-order valence-electron chi connectivity index (χ2n) is 0.547. The number of hydrogen-bond acceptors (Lipinski definition) is 2. The van der Waals surface area contributed by atoms with E-state index in [4.69, 9.17) is 8.23 Å². The molecule has 0 unspecified atom stereocenters. The van der Waals surface area contributed by atoms with Crippen molar-refractivity contribution in [3.05, 3.63) is 0 Å². The standard InChI is InChI=1S/H3O2Si2/c1-3-2-4-1/h3H,4H2. The van der Waals surface area contributed by atoms with E-state index in [0.717, 1.165) is 0 Å². The van der Waals surface area contributed by atoms with Gasteiger partial charge in [0.15, 0.2) is 0 Å². The van der Waals surface area contributed by atoms with E-state index in [9.17, 15) is 0 Å². The van der Waals surface area contributed by atoms with Gasteiger partial charge in [-0.25, -0.2) is 0 Å². The van der Waals surface area contributed by atoms with Crippen LogP contribution < -0.4 is 0 Å². The summed E-state index contributed by atoms with van der Waals surface area (Å²) in [6, 6.07) is 0. The van der Waals surface area contributed by atoms with Gasteiger partial charge in [0.2, 0.25) is 0 Å². The molecule has 1 heterocycles. The molecule has 1 radical (unpaired) electrons. The molecule has 0 aromatic carbocycles. The van der Waals surface area contributed by atoms with Gasteiger partial charge in [-0.05, 0) is 0 Å². The Morgan fingerprint density at radius 2 is 1.75 bits per heavy atom. The highest BCUT2D eigenvalue weighted by Gasteiger charge is 1.98. The summed E-state index contributed by atoms with van der Waals surface area (Å²) < 4.78 is 9.44. The van der Waals surface area contributed by atoms with Crippen molar-refractivity contribution < 1.29 is 8.23 Å². The predicted octanol–water partition coefficient (Wildman–Crippen LogP) is -1.70. The molecule has 0 atom stereocenters. The molecule has 4 heavy (non-hydrogen) atoms. The van der Waals surface area contributed by atoms with Crippen LogP contribution in [0.2, 0.25) is 0 Å². The molecule has 0 bridgehead atoms. The maximum Gasteiger partial charge on any atom is 0.344 e. The van der Waals surface area contributed by atoms with Gasteiger partial charge in [0, 0.05) is 0 Å². The molecule has 1 aliphatic rings. The third-order valence-corrected chi connectivity index (χ3v) is 2.45. The van der Waals surface area contributed by atoms with E-state index in [1.807, 2.05) is 0 Å². The fourth-order valence-electron chi connectivity index (χ4n) is 0.0680. The zero-order chi connectivity index (χ0) is 2.83. The molecule has 1 saturated heterocycles. The minimum absolute atomic E-state index is 0.0247. The first-order valence-corrected chi connectivity index (χ1v) is 3.15. The molecule has 2 nitrogen and oxygen atoms in total. The molecule has 4 heteroatoms. The number of hydrogen-bond donors (Lipinski definition) is 0. The van der Waals surface area contributed by atoms with Gasteiger partial charge in [-0.15, -0.1) is 0 Å². The van der Waals surface area contributed by atoms with Gasteiger partial charge in [-0.3, -0.25) is 0 Å². The van der Waals surface area contributed by atoms with Crippen molar-refractivity contribution in [3.63, 3.8) is 0 Å². The van der Waals surface area contributed by atoms with Gasteiger partial charge in [-0.2, -0.15) is 0 Å². The van der Waals surface area contributed by atoms with Crippen molar-refractivity contribution in [3.8, 4) is 0 Å². The van der Waals surface area contributed by atoms with Gasteiger partial charge in [0.25, 0.3) is 10.0 Å². The van der Waals surface area contributed by atoms with Crippen molar-refractivity contribution in [1.82, 2.24) is 0 Å². The van der Waals surface area contributed by atoms with Crippen LogP contribution in [0, 0.1) is 0 Å². The first-order chi connectivity index (χ1) is 2.00. The second-order valence-corrected chi connectivity index (χ2v) is 3.64. The molecule has 0 aliphatic carbocycles. The summed E-state index contributed by atoms with van der Waals surface area (Å²) in [6.07, 6.45) is 0. The molecule has 0 spiro atoms. The SMILES string of the molecule is O1[SiH]O[SiH2]1. The molecule has 0 amide bonds. The molecular formula is H3O2Si2. The smallest absolute Gasteiger partial charge is 0.344 e. The van der Waals surface area contributed by atoms with Crippen LogP contribution in [-0.4, -0.2) is 20.0 Å². The van der Waals surface area contributed by atoms with Crippen molar-refractivity contribution in [2.45, 2.75) is 0 Å². The van der Waals surface area contributed by atoms with E-state index in [2.05, 4.69) is 0 Å². The zero-order valence-electron chi connectivity index (χ0n) is 2.10. The van der Waals surface area contributed by atoms with E-state index in [1.165, 1.54) is 0 Å². The van der Waals surface area contributed by atoms with Gasteiger partial charge in [0.05, 0.1) is 0 Å². The lowest BCUT2D eigenvalue weighted by Gasteiger charge is -2.09. The molecule has 0 aromatic heterocycles. The van der Waals surface area contributed by atoms with E-state index >= 15 is 0 Å². The maximum absolute atomic E-state index is 4.72. The third kappa shape index (κ3) is 0.228. The Bertz CT molecular complexity index is 12.0. The minimum Gasteiger partial charge on any atom is -0.422 e. The Morgan fingerprint density at radius 1 is 1.50 bits per heavy atom. The van der Waals surface area contributed by atoms with E-state index < -0.39 is 0 Å². The third-order valence-electron chi connectivity index (χ3n) is 0.272. The Morgan fingerprint density at radius 3 is 1.75 bits per heavy atom. The van der Waals surface area contributed by atoms with Crippen LogP contribution in [0.4, 0.5) is 0 Å². The minimum atomic E-state index is -0.358. The lowest BCUT2D eigenvalue weighted by molar-refractivity contribution is 0.346. The van der Waals surface area contributed by atoms with Crippen LogP contribution in [0.5, 0.6) is 0 Å². The summed E-state index contributed by atoms with van der Waals surface area (Å²) in [4.78, 5) is 0. The Balaban J connectivity index is 2.00. The van der Waals surface area contributed by atoms with Crippen LogP contribution in [-0.2, 0) is 8.23 Å². The van der Waals surface area contributed by atoms with E-state index in [1.54, 1.807) is 0 Å². The average Bonchev–Trinajstić information content (AvgIpc) is 0.722. The summed E-state index contributed by atoms with van der Waals surface area (Å²) in [5, 5.41) is 0. The molecule has 0 saturated carbocycles. The molecule has 0 aromatic rings. The lowest BCUT2D eigenvalue weighted by Crippen LogP contribution is -2.23. The van der Waals surface area contributed by atoms with Crippen molar-refractivity contribution in [2.75, 3.05) is 0 Å². The first kappa shape index (κ1) is 2.58. The van der Waals surface area contributed by atoms with E-state index in [-0.39, 0.29) is 20.0 Å². The predicted molar refractivity (Wildman–Crippen MR) is 17.9 cm³/mol. The lowest BCUT2D eigenvalue weighted by atomic mass is 15.7. The Kier molecular flexibility index (Phi) is 0.633. The van der Waals surface area contributed by atoms with Crippen LogP contribution >= 0.6 is 0 Å². The molecule has 23 valence electrons. The number of rotatable bonds is 0. The fourth-order valence-corrected chi connectivity index (χ4v) is 0.612. The molecule has 1 aliphatic heterocycles. The molecule has 1 rings (SSSR count). The maximum atomic E-state index is 4.72. The highest BCUT2D eigenvalue weighted by molar-refractivity contribution is 6.49. The normalized spacial score (nSPS) is 24.0. The van der Waals surface area contributed by atoms with Gasteiger partial charge < -0.3 is 8.23 Å². The largest absolute Gasteiger partial charge is 0.422 e. The van der Waals surface area contributed by atoms with Gasteiger partial charge in [-0.1, -0.05) is 0 Å². The molecule has 1 fully saturated rings. The van der Waals surface area contributed by atoms with E-state index in [0.29, 0.717) is 0 Å². The Labute approximate surface area is 29.2 Å². The summed E-state index contributed by atoms with van der Waals surface area (Å²) in [5.41, 5.74) is 0. The summed E-state index contributed by atoms with van der Waals surface area (Å²) >= 11 is 0. The topological polar surface area (TPSA) is 18.5 Å². The quantitative estimate of drug-likeness (QED) is 0.331. The van der Waals surface area contributed by atoms with Crippen LogP contribution in [0.25, 0.3) is 0 Å². The highest BCUT2D eigenvalue weighted by atomic mass is 28.4. The average molecular weight is 91.2 g/mol. The van der Waals surface area contributed by atoms with Crippen molar-refractivity contribution in [1.29, 1.82) is 0 Å². The first-order valence-electron chi connectivity index (χ1n) is 1.05. The van der Waals surface area contributed by atoms with Crippen LogP contribution in [0.1, 0.15) is 0 Å². The van der Waals surface area contributed by atoms with Gasteiger partial charge in [0.1, 0.15) is 0 Å². The van der Waals surface area contributed by atoms with Gasteiger partial charge >= 0.3 is 10.0 Å². The fraction of sp³-hybridized carbons (Fsp3) is 0. The highest BCUT2D eigenvalue weighted by Crippen LogP contribution is 1.78. The second kappa shape index (κ2) is 0.980. The summed E-state index contributed by atoms with van der Waals surface area (Å²) in [6.45, 7) is 0. The van der Waals surface area contributed by atoms with Crippen molar-refractivity contribution in [2.24, 2.45) is 0 Å². The zero-order valence-corrected chi connectivity index (χ0v) is 4.67. The monoisotopic (exact) mass is 91.0 g/mol. The Hall–Kier alpha value is 0.354. The van der Waals surface area contributed by atoms with Crippen LogP contribution in [0.15, 0.2) is 0 Å². The summed E-state index contributed by atoms with van der Waals surface area (Å²) in [5.74, 6) is 0. The van der Waals surface area contributed by atoms with Crippen LogP contribution in [0.3, 0.4) is 0 Å².